The van der Waals surface area contributed by atoms with Crippen molar-refractivity contribution >= 4 is 21.7 Å². The zero-order chi connectivity index (χ0) is 15.0. The van der Waals surface area contributed by atoms with Gasteiger partial charge in [-0.15, -0.1) is 0 Å². The molecule has 0 unspecified atom stereocenters. The lowest BCUT2D eigenvalue weighted by Gasteiger charge is -2.10. The maximum Gasteiger partial charge on any atom is 0.231 e. The lowest BCUT2D eigenvalue weighted by atomic mass is 10.2. The summed E-state index contributed by atoms with van der Waals surface area (Å²) < 4.78 is 25.4. The van der Waals surface area contributed by atoms with Gasteiger partial charge in [0.1, 0.15) is 0 Å². The van der Waals surface area contributed by atoms with Crippen LogP contribution in [0.1, 0.15) is 12.6 Å². The Labute approximate surface area is 129 Å². The first-order valence-corrected chi connectivity index (χ1v) is 7.27. The fourth-order valence-electron chi connectivity index (χ4n) is 2.07. The van der Waals surface area contributed by atoms with Crippen LogP contribution in [0.3, 0.4) is 0 Å². The summed E-state index contributed by atoms with van der Waals surface area (Å²) in [4.78, 5) is 8.45. The van der Waals surface area contributed by atoms with E-state index in [4.69, 9.17) is 9.47 Å². The highest BCUT2D eigenvalue weighted by molar-refractivity contribution is 9.10. The molecule has 0 atom stereocenters. The summed E-state index contributed by atoms with van der Waals surface area (Å²) >= 11 is 3.43. The Balaban J connectivity index is 2.10. The van der Waals surface area contributed by atoms with Gasteiger partial charge in [-0.25, -0.2) is 14.4 Å². The zero-order valence-corrected chi connectivity index (χ0v) is 13.1. The average molecular weight is 354 g/mol. The molecule has 3 rings (SSSR count). The van der Waals surface area contributed by atoms with Crippen LogP contribution < -0.4 is 14.8 Å². The monoisotopic (exact) mass is 353 g/mol. The summed E-state index contributed by atoms with van der Waals surface area (Å²) in [7, 11) is 0. The molecule has 0 spiro atoms. The van der Waals surface area contributed by atoms with Crippen LogP contribution in [-0.4, -0.2) is 23.3 Å². The highest BCUT2D eigenvalue weighted by Crippen LogP contribution is 2.42. The fraction of sp³-hybridized carbons (Fsp3) is 0.286. The van der Waals surface area contributed by atoms with E-state index in [9.17, 15) is 4.39 Å². The molecule has 7 heteroatoms. The maximum absolute atomic E-state index is 13.9. The van der Waals surface area contributed by atoms with E-state index >= 15 is 0 Å². The topological polar surface area (TPSA) is 56.3 Å². The van der Waals surface area contributed by atoms with Crippen molar-refractivity contribution in [2.24, 2.45) is 0 Å². The van der Waals surface area contributed by atoms with E-state index in [2.05, 4.69) is 31.2 Å². The van der Waals surface area contributed by atoms with Crippen molar-refractivity contribution in [3.8, 4) is 22.9 Å². The number of rotatable bonds is 3. The number of ether oxygens (including phenoxy) is 2. The highest BCUT2D eigenvalue weighted by Gasteiger charge is 2.20. The van der Waals surface area contributed by atoms with Crippen LogP contribution in [0.4, 0.5) is 10.2 Å². The molecule has 1 N–H and O–H groups in total. The number of nitrogens with zero attached hydrogens (tertiary/aromatic N) is 2. The molecule has 110 valence electrons. The quantitative estimate of drug-likeness (QED) is 0.914. The third kappa shape index (κ3) is 2.53. The van der Waals surface area contributed by atoms with Gasteiger partial charge in [0.05, 0.1) is 10.2 Å². The number of aromatic nitrogens is 2. The molecule has 1 aromatic heterocycles. The number of aryl methyl sites for hydroxylation is 1. The van der Waals surface area contributed by atoms with E-state index in [1.165, 1.54) is 0 Å². The maximum atomic E-state index is 13.9. The number of hydrogen-bond acceptors (Lipinski definition) is 5. The van der Waals surface area contributed by atoms with Crippen molar-refractivity contribution in [1.29, 1.82) is 0 Å². The van der Waals surface area contributed by atoms with Crippen molar-refractivity contribution < 1.29 is 13.9 Å². The van der Waals surface area contributed by atoms with Gasteiger partial charge in [-0.1, -0.05) is 0 Å². The van der Waals surface area contributed by atoms with Gasteiger partial charge in [0.2, 0.25) is 6.79 Å². The first-order chi connectivity index (χ1) is 10.1. The molecule has 21 heavy (non-hydrogen) atoms. The Kier molecular flexibility index (Phi) is 3.67. The summed E-state index contributed by atoms with van der Waals surface area (Å²) in [5, 5.41) is 2.90. The molecular weight excluding hydrogens is 341 g/mol. The average Bonchev–Trinajstić information content (AvgIpc) is 2.92. The third-order valence-corrected chi connectivity index (χ3v) is 3.64. The lowest BCUT2D eigenvalue weighted by Crippen LogP contribution is -2.06. The summed E-state index contributed by atoms with van der Waals surface area (Å²) in [5.74, 6) is 1.48. The van der Waals surface area contributed by atoms with Crippen LogP contribution in [0.2, 0.25) is 0 Å². The number of anilines is 1. The number of hydrogen-bond donors (Lipinski definition) is 1. The lowest BCUT2D eigenvalue weighted by molar-refractivity contribution is 0.173. The van der Waals surface area contributed by atoms with Gasteiger partial charge in [0.15, 0.2) is 29.0 Å². The van der Waals surface area contributed by atoms with Crippen LogP contribution >= 0.6 is 15.9 Å². The van der Waals surface area contributed by atoms with E-state index in [1.807, 2.05) is 13.0 Å². The summed E-state index contributed by atoms with van der Waals surface area (Å²) in [6.07, 6.45) is 0. The molecule has 0 saturated carbocycles. The van der Waals surface area contributed by atoms with E-state index in [-0.39, 0.29) is 12.6 Å². The normalized spacial score (nSPS) is 12.6. The third-order valence-electron chi connectivity index (χ3n) is 3.05. The minimum Gasteiger partial charge on any atom is -0.454 e. The van der Waals surface area contributed by atoms with Crippen LogP contribution in [0.15, 0.2) is 16.6 Å². The van der Waals surface area contributed by atoms with E-state index < -0.39 is 5.82 Å². The zero-order valence-electron chi connectivity index (χ0n) is 11.5. The van der Waals surface area contributed by atoms with Crippen LogP contribution in [-0.2, 0) is 0 Å². The number of halogens is 2. The van der Waals surface area contributed by atoms with Gasteiger partial charge < -0.3 is 14.8 Å². The summed E-state index contributed by atoms with van der Waals surface area (Å²) in [6.45, 7) is 4.26. The van der Waals surface area contributed by atoms with Gasteiger partial charge >= 0.3 is 0 Å². The van der Waals surface area contributed by atoms with Crippen molar-refractivity contribution in [2.75, 3.05) is 18.7 Å². The molecule has 1 aromatic carbocycles. The van der Waals surface area contributed by atoms with Crippen LogP contribution in [0.5, 0.6) is 11.5 Å². The molecule has 0 saturated heterocycles. The fourth-order valence-corrected chi connectivity index (χ4v) is 2.63. The van der Waals surface area contributed by atoms with Crippen LogP contribution in [0.25, 0.3) is 11.4 Å². The van der Waals surface area contributed by atoms with Gasteiger partial charge in [-0.3, -0.25) is 0 Å². The highest BCUT2D eigenvalue weighted by atomic mass is 79.9. The molecule has 0 bridgehead atoms. The first-order valence-electron chi connectivity index (χ1n) is 6.47. The van der Waals surface area contributed by atoms with Crippen molar-refractivity contribution in [3.05, 3.63) is 28.1 Å². The number of nitrogens with one attached hydrogen (secondary N) is 1. The minimum absolute atomic E-state index is 0.184. The van der Waals surface area contributed by atoms with Crippen molar-refractivity contribution in [2.45, 2.75) is 13.8 Å². The van der Waals surface area contributed by atoms with Crippen molar-refractivity contribution in [1.82, 2.24) is 9.97 Å². The van der Waals surface area contributed by atoms with Crippen LogP contribution in [0, 0.1) is 12.7 Å². The molecule has 0 aliphatic carbocycles. The van der Waals surface area contributed by atoms with Gasteiger partial charge in [0, 0.05) is 12.1 Å². The standard InChI is InChI=1S/C14H13BrFN3O2/c1-3-17-14-11(16)7(2)18-13(19-14)8-4-9(15)12-10(5-8)20-6-21-12/h4-5H,3,6H2,1-2H3,(H,17,18,19). The van der Waals surface area contributed by atoms with Gasteiger partial charge in [-0.2, -0.15) is 0 Å². The Morgan fingerprint density at radius 2 is 2.14 bits per heavy atom. The second-order valence-corrected chi connectivity index (χ2v) is 5.37. The molecule has 1 aliphatic rings. The molecule has 2 aromatic rings. The molecule has 1 aliphatic heterocycles. The predicted molar refractivity (Wildman–Crippen MR) is 80.1 cm³/mol. The minimum atomic E-state index is -0.430. The smallest absolute Gasteiger partial charge is 0.231 e. The summed E-state index contributed by atoms with van der Waals surface area (Å²) in [5.41, 5.74) is 1.03. The molecule has 0 radical (unpaired) electrons. The molecule has 0 fully saturated rings. The Morgan fingerprint density at radius 3 is 2.90 bits per heavy atom. The Morgan fingerprint density at radius 1 is 1.33 bits per heavy atom. The second kappa shape index (κ2) is 5.48. The van der Waals surface area contributed by atoms with Crippen molar-refractivity contribution in [3.63, 3.8) is 0 Å². The van der Waals surface area contributed by atoms with E-state index in [0.29, 0.717) is 29.6 Å². The molecular formula is C14H13BrFN3O2. The second-order valence-electron chi connectivity index (χ2n) is 4.52. The van der Waals surface area contributed by atoms with E-state index in [0.717, 1.165) is 10.0 Å². The predicted octanol–water partition coefficient (Wildman–Crippen LogP) is 3.51. The Hall–Kier alpha value is -1.89. The first kappa shape index (κ1) is 14.1. The number of fused-ring (bicyclic) bond motifs is 1. The SMILES string of the molecule is CCNc1nc(-c2cc(Br)c3c(c2)OCO3)nc(C)c1F. The molecule has 2 heterocycles. The Bertz CT molecular complexity index is 709. The molecule has 5 nitrogen and oxygen atoms in total. The van der Waals surface area contributed by atoms with Gasteiger partial charge in [-0.05, 0) is 41.9 Å². The summed E-state index contributed by atoms with van der Waals surface area (Å²) in [6, 6.07) is 3.62. The van der Waals surface area contributed by atoms with E-state index in [1.54, 1.807) is 13.0 Å². The number of benzene rings is 1. The largest absolute Gasteiger partial charge is 0.454 e. The molecule has 0 amide bonds. The van der Waals surface area contributed by atoms with Gasteiger partial charge in [0.25, 0.3) is 0 Å².